The van der Waals surface area contributed by atoms with E-state index in [2.05, 4.69) is 46.2 Å². The molecule has 0 atom stereocenters. The van der Waals surface area contributed by atoms with Crippen LogP contribution in [-0.4, -0.2) is 36.8 Å². The van der Waals surface area contributed by atoms with E-state index in [1.54, 1.807) is 18.4 Å². The van der Waals surface area contributed by atoms with Gasteiger partial charge in [0.1, 0.15) is 5.60 Å². The summed E-state index contributed by atoms with van der Waals surface area (Å²) in [5, 5.41) is 11.7. The molecule has 1 aromatic rings. The van der Waals surface area contributed by atoms with E-state index in [1.165, 1.54) is 4.88 Å². The van der Waals surface area contributed by atoms with Crippen molar-refractivity contribution in [1.82, 2.24) is 16.0 Å². The van der Waals surface area contributed by atoms with Crippen molar-refractivity contribution in [3.8, 4) is 0 Å². The van der Waals surface area contributed by atoms with E-state index in [0.717, 1.165) is 19.4 Å². The van der Waals surface area contributed by atoms with Crippen LogP contribution in [0.3, 0.4) is 0 Å². The molecule has 1 aromatic heterocycles. The number of alkyl carbamates (subject to hydrolysis) is 1. The van der Waals surface area contributed by atoms with Crippen LogP contribution in [0.2, 0.25) is 0 Å². The summed E-state index contributed by atoms with van der Waals surface area (Å²) in [5.74, 6) is 0.714. The highest BCUT2D eigenvalue weighted by Gasteiger charge is 2.30. The summed E-state index contributed by atoms with van der Waals surface area (Å²) in [4.78, 5) is 17.7. The second kappa shape index (κ2) is 11.6. The highest BCUT2D eigenvalue weighted by Crippen LogP contribution is 2.16. The van der Waals surface area contributed by atoms with E-state index in [1.807, 2.05) is 26.8 Å². The van der Waals surface area contributed by atoms with Crippen LogP contribution in [-0.2, 0) is 11.3 Å². The minimum absolute atomic E-state index is 0. The zero-order chi connectivity index (χ0) is 18.9. The van der Waals surface area contributed by atoms with Crippen LogP contribution in [0.15, 0.2) is 22.5 Å². The summed E-state index contributed by atoms with van der Waals surface area (Å²) in [6.07, 6.45) is 1.19. The summed E-state index contributed by atoms with van der Waals surface area (Å²) in [6.45, 7) is 11.0. The molecular weight excluding hydrogens is 463 g/mol. The number of carbonyl (C=O) groups is 1. The van der Waals surface area contributed by atoms with Gasteiger partial charge in [0.25, 0.3) is 0 Å². The fraction of sp³-hybridized carbons (Fsp3) is 0.667. The number of halogens is 1. The Morgan fingerprint density at radius 1 is 1.23 bits per heavy atom. The van der Waals surface area contributed by atoms with E-state index in [9.17, 15) is 4.79 Å². The van der Waals surface area contributed by atoms with Crippen LogP contribution in [0.25, 0.3) is 0 Å². The molecule has 150 valence electrons. The highest BCUT2D eigenvalue weighted by atomic mass is 127. The first-order chi connectivity index (χ1) is 11.7. The van der Waals surface area contributed by atoms with E-state index < -0.39 is 5.60 Å². The lowest BCUT2D eigenvalue weighted by molar-refractivity contribution is 0.0448. The second-order valence-electron chi connectivity index (χ2n) is 6.97. The topological polar surface area (TPSA) is 74.8 Å². The molecule has 1 heterocycles. The molecule has 0 unspecified atom stereocenters. The number of amides is 1. The average Bonchev–Trinajstić information content (AvgIpc) is 3.05. The Hall–Kier alpha value is -1.03. The van der Waals surface area contributed by atoms with Crippen molar-refractivity contribution < 1.29 is 9.53 Å². The lowest BCUT2D eigenvalue weighted by Gasteiger charge is -2.34. The summed E-state index contributed by atoms with van der Waals surface area (Å²) in [6, 6.07) is 4.11. The van der Waals surface area contributed by atoms with Crippen LogP contribution < -0.4 is 16.0 Å². The third-order valence-electron chi connectivity index (χ3n) is 3.95. The molecule has 0 fully saturated rings. The smallest absolute Gasteiger partial charge is 0.408 e. The van der Waals surface area contributed by atoms with Crippen LogP contribution >= 0.6 is 35.3 Å². The molecule has 1 amide bonds. The van der Waals surface area contributed by atoms with Gasteiger partial charge in [0.2, 0.25) is 0 Å². The van der Waals surface area contributed by atoms with Gasteiger partial charge in [0.15, 0.2) is 5.96 Å². The summed E-state index contributed by atoms with van der Waals surface area (Å²) in [7, 11) is 1.74. The fourth-order valence-electron chi connectivity index (χ4n) is 2.30. The number of hydrogen-bond acceptors (Lipinski definition) is 4. The minimum Gasteiger partial charge on any atom is -0.444 e. The lowest BCUT2D eigenvalue weighted by atomic mass is 9.93. The molecule has 0 saturated heterocycles. The van der Waals surface area contributed by atoms with E-state index >= 15 is 0 Å². The Morgan fingerprint density at radius 2 is 1.88 bits per heavy atom. The number of ether oxygens (including phenoxy) is 1. The van der Waals surface area contributed by atoms with Gasteiger partial charge in [0, 0.05) is 18.5 Å². The first kappa shape index (κ1) is 25.0. The number of nitrogens with one attached hydrogen (secondary N) is 3. The Kier molecular flexibility index (Phi) is 11.2. The summed E-state index contributed by atoms with van der Waals surface area (Å²) >= 11 is 1.70. The van der Waals surface area contributed by atoms with Crippen LogP contribution in [0.4, 0.5) is 4.79 Å². The normalized spacial score (nSPS) is 12.2. The molecule has 26 heavy (non-hydrogen) atoms. The van der Waals surface area contributed by atoms with Crippen LogP contribution in [0.1, 0.15) is 52.3 Å². The van der Waals surface area contributed by atoms with Gasteiger partial charge in [-0.1, -0.05) is 19.9 Å². The van der Waals surface area contributed by atoms with Gasteiger partial charge >= 0.3 is 6.09 Å². The first-order valence-corrected chi connectivity index (χ1v) is 9.59. The molecule has 0 aliphatic carbocycles. The van der Waals surface area contributed by atoms with Crippen molar-refractivity contribution in [1.29, 1.82) is 0 Å². The Morgan fingerprint density at radius 3 is 2.35 bits per heavy atom. The molecule has 0 bridgehead atoms. The summed E-state index contributed by atoms with van der Waals surface area (Å²) in [5.41, 5.74) is -0.897. The number of guanidine groups is 1. The average molecular weight is 496 g/mol. The van der Waals surface area contributed by atoms with E-state index in [0.29, 0.717) is 12.5 Å². The molecule has 0 radical (unpaired) electrons. The van der Waals surface area contributed by atoms with Gasteiger partial charge in [0.05, 0.1) is 12.1 Å². The van der Waals surface area contributed by atoms with Gasteiger partial charge < -0.3 is 20.7 Å². The molecule has 8 heteroatoms. The third kappa shape index (κ3) is 9.07. The maximum absolute atomic E-state index is 12.2. The van der Waals surface area contributed by atoms with Crippen molar-refractivity contribution in [3.63, 3.8) is 0 Å². The number of thiophene rings is 1. The number of hydrogen-bond donors (Lipinski definition) is 3. The van der Waals surface area contributed by atoms with Crippen molar-refractivity contribution in [2.45, 2.75) is 65.1 Å². The predicted octanol–water partition coefficient (Wildman–Crippen LogP) is 4.11. The van der Waals surface area contributed by atoms with Crippen molar-refractivity contribution in [2.24, 2.45) is 4.99 Å². The second-order valence-corrected chi connectivity index (χ2v) is 8.01. The van der Waals surface area contributed by atoms with Gasteiger partial charge in [-0.2, -0.15) is 0 Å². The summed E-state index contributed by atoms with van der Waals surface area (Å²) < 4.78 is 5.40. The van der Waals surface area contributed by atoms with Gasteiger partial charge in [-0.25, -0.2) is 4.79 Å². The monoisotopic (exact) mass is 496 g/mol. The van der Waals surface area contributed by atoms with Crippen molar-refractivity contribution >= 4 is 47.4 Å². The predicted molar refractivity (Wildman–Crippen MR) is 121 cm³/mol. The SMILES string of the molecule is CCC(CC)(CNC(=NC)NCc1cccs1)NC(=O)OC(C)(C)C.I. The number of nitrogens with zero attached hydrogens (tertiary/aromatic N) is 1. The molecule has 0 saturated carbocycles. The zero-order valence-corrected chi connectivity index (χ0v) is 19.8. The van der Waals surface area contributed by atoms with Crippen LogP contribution in [0, 0.1) is 0 Å². The Balaban J connectivity index is 0.00000625. The van der Waals surface area contributed by atoms with E-state index in [4.69, 9.17) is 4.74 Å². The van der Waals surface area contributed by atoms with Gasteiger partial charge in [-0.05, 0) is 45.1 Å². The van der Waals surface area contributed by atoms with Gasteiger partial charge in [-0.3, -0.25) is 4.99 Å². The molecule has 0 aliphatic rings. The highest BCUT2D eigenvalue weighted by molar-refractivity contribution is 14.0. The molecule has 0 aliphatic heterocycles. The van der Waals surface area contributed by atoms with Gasteiger partial charge in [-0.15, -0.1) is 35.3 Å². The zero-order valence-electron chi connectivity index (χ0n) is 16.6. The lowest BCUT2D eigenvalue weighted by Crippen LogP contribution is -2.57. The quantitative estimate of drug-likeness (QED) is 0.302. The Labute approximate surface area is 178 Å². The molecule has 0 aromatic carbocycles. The van der Waals surface area contributed by atoms with Crippen LogP contribution in [0.5, 0.6) is 0 Å². The maximum atomic E-state index is 12.2. The molecule has 3 N–H and O–H groups in total. The molecular formula is C18H33IN4O2S. The maximum Gasteiger partial charge on any atom is 0.408 e. The third-order valence-corrected chi connectivity index (χ3v) is 4.82. The standard InChI is InChI=1S/C18H32N4O2S.HI/c1-7-18(8-2,22-16(23)24-17(3,4)5)13-21-15(19-6)20-12-14-10-9-11-25-14;/h9-11H,7-8,12-13H2,1-6H3,(H,22,23)(H2,19,20,21);1H. The molecule has 6 nitrogen and oxygen atoms in total. The molecule has 1 rings (SSSR count). The minimum atomic E-state index is -0.511. The first-order valence-electron chi connectivity index (χ1n) is 8.71. The number of rotatable bonds is 7. The Bertz CT molecular complexity index is 552. The number of aliphatic imine (C=N–C) groups is 1. The van der Waals surface area contributed by atoms with Crippen molar-refractivity contribution in [2.75, 3.05) is 13.6 Å². The largest absolute Gasteiger partial charge is 0.444 e. The fourth-order valence-corrected chi connectivity index (χ4v) is 2.94. The number of carbonyl (C=O) groups excluding carboxylic acids is 1. The molecule has 0 spiro atoms. The van der Waals surface area contributed by atoms with Crippen molar-refractivity contribution in [3.05, 3.63) is 22.4 Å². The van der Waals surface area contributed by atoms with E-state index in [-0.39, 0.29) is 35.6 Å².